The van der Waals surface area contributed by atoms with E-state index in [0.717, 1.165) is 54.9 Å². The van der Waals surface area contributed by atoms with Crippen LogP contribution in [0, 0.1) is 5.92 Å². The van der Waals surface area contributed by atoms with Gasteiger partial charge in [-0.15, -0.1) is 11.3 Å². The minimum Gasteiger partial charge on any atom is -0.497 e. The summed E-state index contributed by atoms with van der Waals surface area (Å²) in [5, 5.41) is 3.15. The van der Waals surface area contributed by atoms with Crippen molar-refractivity contribution in [3.63, 3.8) is 0 Å². The van der Waals surface area contributed by atoms with Crippen molar-refractivity contribution < 1.29 is 14.3 Å². The topological polar surface area (TPSA) is 65.6 Å². The van der Waals surface area contributed by atoms with Crippen LogP contribution in [0.4, 0.5) is 0 Å². The van der Waals surface area contributed by atoms with E-state index in [1.54, 1.807) is 7.11 Å². The Balaban J connectivity index is 1.16. The van der Waals surface area contributed by atoms with Gasteiger partial charge in [0.2, 0.25) is 5.91 Å². The quantitative estimate of drug-likeness (QED) is 0.635. The first-order chi connectivity index (χ1) is 15.6. The molecule has 168 valence electrons. The number of aromatic nitrogens is 1. The Labute approximate surface area is 192 Å². The first-order valence-electron chi connectivity index (χ1n) is 11.4. The lowest BCUT2D eigenvalue weighted by molar-refractivity contribution is -0.138. The van der Waals surface area contributed by atoms with E-state index in [1.165, 1.54) is 22.3 Å². The Morgan fingerprint density at radius 1 is 1.03 bits per heavy atom. The van der Waals surface area contributed by atoms with Crippen LogP contribution in [0.15, 0.2) is 41.9 Å². The molecule has 0 radical (unpaired) electrons. The summed E-state index contributed by atoms with van der Waals surface area (Å²) in [6.45, 7) is 2.94. The van der Waals surface area contributed by atoms with Crippen LogP contribution in [-0.4, -0.2) is 59.9 Å². The largest absolute Gasteiger partial charge is 0.497 e. The molecule has 3 aromatic rings. The average molecular weight is 452 g/mol. The fourth-order valence-electron chi connectivity index (χ4n) is 5.14. The minimum atomic E-state index is 0.0382. The van der Waals surface area contributed by atoms with Crippen LogP contribution in [-0.2, 0) is 4.79 Å². The number of piperidine rings is 2. The summed E-state index contributed by atoms with van der Waals surface area (Å²) < 4.78 is 5.40. The summed E-state index contributed by atoms with van der Waals surface area (Å²) in [5.74, 6) is 1.73. The standard InChI is InChI=1S/C25H29N3O3S/c1-31-19-4-5-22-20(15-19)21(16-26-22)17-6-10-27(11-7-17)24(29)18-8-12-28(13-9-18)25(30)23-3-2-14-32-23/h2-5,14-18,26H,6-13H2,1H3. The van der Waals surface area contributed by atoms with E-state index in [-0.39, 0.29) is 17.7 Å². The zero-order chi connectivity index (χ0) is 22.1. The van der Waals surface area contributed by atoms with Crippen molar-refractivity contribution in [3.05, 3.63) is 52.3 Å². The molecule has 2 amide bonds. The Bertz CT molecular complexity index is 1090. The van der Waals surface area contributed by atoms with Crippen LogP contribution < -0.4 is 4.74 Å². The van der Waals surface area contributed by atoms with Gasteiger partial charge in [-0.3, -0.25) is 9.59 Å². The molecule has 0 aliphatic carbocycles. The number of methoxy groups -OCH3 is 1. The molecular weight excluding hydrogens is 422 g/mol. The van der Waals surface area contributed by atoms with Gasteiger partial charge in [0.05, 0.1) is 12.0 Å². The van der Waals surface area contributed by atoms with Gasteiger partial charge in [0.25, 0.3) is 5.91 Å². The Hall–Kier alpha value is -2.80. The number of hydrogen-bond donors (Lipinski definition) is 1. The van der Waals surface area contributed by atoms with Gasteiger partial charge in [0.1, 0.15) is 5.75 Å². The van der Waals surface area contributed by atoms with E-state index in [2.05, 4.69) is 23.3 Å². The Kier molecular flexibility index (Phi) is 5.91. The van der Waals surface area contributed by atoms with Crippen LogP contribution in [0.2, 0.25) is 0 Å². The van der Waals surface area contributed by atoms with E-state index in [0.29, 0.717) is 19.0 Å². The maximum absolute atomic E-state index is 13.1. The number of benzene rings is 1. The number of hydrogen-bond acceptors (Lipinski definition) is 4. The van der Waals surface area contributed by atoms with Crippen LogP contribution >= 0.6 is 11.3 Å². The third kappa shape index (κ3) is 4.01. The Morgan fingerprint density at radius 2 is 1.78 bits per heavy atom. The molecule has 1 aromatic carbocycles. The summed E-state index contributed by atoms with van der Waals surface area (Å²) in [5.41, 5.74) is 2.45. The molecule has 4 heterocycles. The van der Waals surface area contributed by atoms with Crippen LogP contribution in [0.5, 0.6) is 5.75 Å². The number of fused-ring (bicyclic) bond motifs is 1. The maximum atomic E-state index is 13.1. The van der Waals surface area contributed by atoms with E-state index in [1.807, 2.05) is 33.4 Å². The molecule has 2 aliphatic heterocycles. The molecule has 0 spiro atoms. The van der Waals surface area contributed by atoms with Gasteiger partial charge in [-0.1, -0.05) is 6.07 Å². The Morgan fingerprint density at radius 3 is 2.47 bits per heavy atom. The third-order valence-electron chi connectivity index (χ3n) is 7.03. The van der Waals surface area contributed by atoms with Crippen molar-refractivity contribution in [1.29, 1.82) is 0 Å². The van der Waals surface area contributed by atoms with Gasteiger partial charge in [-0.25, -0.2) is 0 Å². The van der Waals surface area contributed by atoms with Gasteiger partial charge in [-0.2, -0.15) is 0 Å². The zero-order valence-corrected chi connectivity index (χ0v) is 19.2. The summed E-state index contributed by atoms with van der Waals surface area (Å²) >= 11 is 1.48. The number of ether oxygens (including phenoxy) is 1. The predicted octanol–water partition coefficient (Wildman–Crippen LogP) is 4.50. The fraction of sp³-hybridized carbons (Fsp3) is 0.440. The van der Waals surface area contributed by atoms with E-state index in [9.17, 15) is 9.59 Å². The molecule has 7 heteroatoms. The minimum absolute atomic E-state index is 0.0382. The molecule has 5 rings (SSSR count). The second-order valence-corrected chi connectivity index (χ2v) is 9.75. The lowest BCUT2D eigenvalue weighted by Crippen LogP contribution is -2.46. The number of amides is 2. The highest BCUT2D eigenvalue weighted by Crippen LogP contribution is 2.35. The molecule has 0 unspecified atom stereocenters. The monoisotopic (exact) mass is 451 g/mol. The third-order valence-corrected chi connectivity index (χ3v) is 7.89. The van der Waals surface area contributed by atoms with Gasteiger partial charge in [-0.05, 0) is 66.8 Å². The highest BCUT2D eigenvalue weighted by atomic mass is 32.1. The fourth-order valence-corrected chi connectivity index (χ4v) is 5.83. The van der Waals surface area contributed by atoms with E-state index >= 15 is 0 Å². The number of likely N-dealkylation sites (tertiary alicyclic amines) is 2. The molecule has 2 saturated heterocycles. The molecule has 2 aliphatic rings. The normalized spacial score (nSPS) is 18.3. The predicted molar refractivity (Wildman–Crippen MR) is 126 cm³/mol. The van der Waals surface area contributed by atoms with Crippen molar-refractivity contribution in [2.45, 2.75) is 31.6 Å². The molecule has 6 nitrogen and oxygen atoms in total. The van der Waals surface area contributed by atoms with Crippen LogP contribution in [0.25, 0.3) is 10.9 Å². The van der Waals surface area contributed by atoms with Crippen molar-refractivity contribution >= 4 is 34.1 Å². The first kappa shape index (κ1) is 21.1. The van der Waals surface area contributed by atoms with E-state index in [4.69, 9.17) is 4.74 Å². The highest BCUT2D eigenvalue weighted by Gasteiger charge is 2.33. The molecule has 2 aromatic heterocycles. The van der Waals surface area contributed by atoms with Crippen molar-refractivity contribution in [2.24, 2.45) is 5.92 Å². The van der Waals surface area contributed by atoms with E-state index < -0.39 is 0 Å². The second-order valence-electron chi connectivity index (χ2n) is 8.80. The number of aromatic amines is 1. The average Bonchev–Trinajstić information content (AvgIpc) is 3.53. The molecule has 0 atom stereocenters. The smallest absolute Gasteiger partial charge is 0.263 e. The number of carbonyl (C=O) groups is 2. The number of carbonyl (C=O) groups excluding carboxylic acids is 2. The van der Waals surface area contributed by atoms with Crippen LogP contribution in [0.1, 0.15) is 46.8 Å². The van der Waals surface area contributed by atoms with Gasteiger partial charge < -0.3 is 19.5 Å². The first-order valence-corrected chi connectivity index (χ1v) is 12.3. The number of H-pyrrole nitrogens is 1. The zero-order valence-electron chi connectivity index (χ0n) is 18.4. The van der Waals surface area contributed by atoms with Crippen molar-refractivity contribution in [1.82, 2.24) is 14.8 Å². The lowest BCUT2D eigenvalue weighted by atomic mass is 9.87. The number of rotatable bonds is 4. The number of thiophene rings is 1. The van der Waals surface area contributed by atoms with Crippen molar-refractivity contribution in [3.8, 4) is 5.75 Å². The van der Waals surface area contributed by atoms with Crippen LogP contribution in [0.3, 0.4) is 0 Å². The van der Waals surface area contributed by atoms with Gasteiger partial charge in [0, 0.05) is 49.2 Å². The lowest BCUT2D eigenvalue weighted by Gasteiger charge is -2.37. The number of nitrogens with one attached hydrogen (secondary N) is 1. The van der Waals surface area contributed by atoms with Gasteiger partial charge >= 0.3 is 0 Å². The number of nitrogens with zero attached hydrogens (tertiary/aromatic N) is 2. The second kappa shape index (κ2) is 8.98. The SMILES string of the molecule is COc1ccc2[nH]cc(C3CCN(C(=O)C4CCN(C(=O)c5cccs5)CC4)CC3)c2c1. The maximum Gasteiger partial charge on any atom is 0.263 e. The highest BCUT2D eigenvalue weighted by molar-refractivity contribution is 7.12. The van der Waals surface area contributed by atoms with Crippen molar-refractivity contribution in [2.75, 3.05) is 33.3 Å². The summed E-state index contributed by atoms with van der Waals surface area (Å²) in [4.78, 5) is 33.8. The summed E-state index contributed by atoms with van der Waals surface area (Å²) in [7, 11) is 1.69. The summed E-state index contributed by atoms with van der Waals surface area (Å²) in [6.07, 6.45) is 5.60. The summed E-state index contributed by atoms with van der Waals surface area (Å²) in [6, 6.07) is 9.92. The molecule has 1 N–H and O–H groups in total. The molecule has 2 fully saturated rings. The molecule has 0 bridgehead atoms. The van der Waals surface area contributed by atoms with Gasteiger partial charge in [0.15, 0.2) is 0 Å². The molecule has 32 heavy (non-hydrogen) atoms. The molecule has 0 saturated carbocycles. The molecular formula is C25H29N3O3S.